The molecule has 1 aliphatic rings. The van der Waals surface area contributed by atoms with Crippen LogP contribution in [-0.2, 0) is 11.8 Å². The number of nitrogens with zero attached hydrogens (tertiary/aromatic N) is 2. The van der Waals surface area contributed by atoms with Crippen LogP contribution >= 0.6 is 0 Å². The molecule has 0 aliphatic carbocycles. The summed E-state index contributed by atoms with van der Waals surface area (Å²) >= 11 is 0. The standard InChI is InChI=1S/C11H17N3O2/c1-14-7-9(6-13-14)11(15)8-16-10-2-4-12-5-3-10/h6-7,10,12H,2-5,8H2,1H3. The van der Waals surface area contributed by atoms with E-state index in [2.05, 4.69) is 10.4 Å². The molecule has 1 saturated heterocycles. The van der Waals surface area contributed by atoms with Crippen molar-refractivity contribution in [2.75, 3.05) is 19.7 Å². The number of nitrogens with one attached hydrogen (secondary N) is 1. The lowest BCUT2D eigenvalue weighted by molar-refractivity contribution is 0.0317. The number of piperidine rings is 1. The van der Waals surface area contributed by atoms with Crippen LogP contribution in [0, 0.1) is 0 Å². The summed E-state index contributed by atoms with van der Waals surface area (Å²) in [6.45, 7) is 2.12. The van der Waals surface area contributed by atoms with E-state index in [9.17, 15) is 4.79 Å². The number of aryl methyl sites for hydroxylation is 1. The highest BCUT2D eigenvalue weighted by Gasteiger charge is 2.16. The molecule has 0 bridgehead atoms. The minimum absolute atomic E-state index is 0.00614. The van der Waals surface area contributed by atoms with Gasteiger partial charge in [-0.2, -0.15) is 5.10 Å². The zero-order chi connectivity index (χ0) is 11.4. The third-order valence-corrected chi connectivity index (χ3v) is 2.76. The molecule has 5 heteroatoms. The molecule has 5 nitrogen and oxygen atoms in total. The molecule has 0 saturated carbocycles. The SMILES string of the molecule is Cn1cc(C(=O)COC2CCNCC2)cn1. The first-order valence-electron chi connectivity index (χ1n) is 5.60. The Morgan fingerprint density at radius 2 is 2.38 bits per heavy atom. The molecule has 0 spiro atoms. The number of ketones is 1. The van der Waals surface area contributed by atoms with Crippen molar-refractivity contribution >= 4 is 5.78 Å². The first-order chi connectivity index (χ1) is 7.75. The van der Waals surface area contributed by atoms with Crippen molar-refractivity contribution in [3.05, 3.63) is 18.0 Å². The fourth-order valence-corrected chi connectivity index (χ4v) is 1.80. The third-order valence-electron chi connectivity index (χ3n) is 2.76. The topological polar surface area (TPSA) is 56.1 Å². The molecule has 1 N–H and O–H groups in total. The van der Waals surface area contributed by atoms with E-state index >= 15 is 0 Å². The van der Waals surface area contributed by atoms with Gasteiger partial charge in [0.05, 0.1) is 17.9 Å². The largest absolute Gasteiger partial charge is 0.370 e. The lowest BCUT2D eigenvalue weighted by atomic mass is 10.1. The monoisotopic (exact) mass is 223 g/mol. The smallest absolute Gasteiger partial charge is 0.191 e. The van der Waals surface area contributed by atoms with Crippen LogP contribution in [0.3, 0.4) is 0 Å². The molecule has 0 aromatic carbocycles. The number of rotatable bonds is 4. The summed E-state index contributed by atoms with van der Waals surface area (Å²) in [5, 5.41) is 7.22. The average molecular weight is 223 g/mol. The number of carbonyl (C=O) groups is 1. The van der Waals surface area contributed by atoms with Crippen molar-refractivity contribution in [3.63, 3.8) is 0 Å². The van der Waals surface area contributed by atoms with E-state index in [0.29, 0.717) is 5.56 Å². The quantitative estimate of drug-likeness (QED) is 0.749. The second kappa shape index (κ2) is 5.23. The Morgan fingerprint density at radius 3 is 3.00 bits per heavy atom. The molecule has 2 rings (SSSR count). The van der Waals surface area contributed by atoms with Crippen LogP contribution in [0.2, 0.25) is 0 Å². The van der Waals surface area contributed by atoms with Gasteiger partial charge in [-0.1, -0.05) is 0 Å². The molecule has 16 heavy (non-hydrogen) atoms. The van der Waals surface area contributed by atoms with Crippen LogP contribution in [0.4, 0.5) is 0 Å². The van der Waals surface area contributed by atoms with Crippen LogP contribution in [0.5, 0.6) is 0 Å². The minimum atomic E-state index is 0.00614. The maximum atomic E-state index is 11.7. The molecule has 0 amide bonds. The van der Waals surface area contributed by atoms with Gasteiger partial charge in [-0.15, -0.1) is 0 Å². The van der Waals surface area contributed by atoms with Gasteiger partial charge in [-0.3, -0.25) is 9.48 Å². The van der Waals surface area contributed by atoms with E-state index in [-0.39, 0.29) is 18.5 Å². The zero-order valence-corrected chi connectivity index (χ0v) is 9.48. The molecule has 2 heterocycles. The van der Waals surface area contributed by atoms with E-state index in [1.165, 1.54) is 0 Å². The van der Waals surface area contributed by atoms with Crippen molar-refractivity contribution in [1.82, 2.24) is 15.1 Å². The Labute approximate surface area is 94.8 Å². The zero-order valence-electron chi connectivity index (χ0n) is 9.48. The average Bonchev–Trinajstić information content (AvgIpc) is 2.74. The van der Waals surface area contributed by atoms with E-state index in [1.54, 1.807) is 24.1 Å². The highest BCUT2D eigenvalue weighted by atomic mass is 16.5. The van der Waals surface area contributed by atoms with Crippen molar-refractivity contribution < 1.29 is 9.53 Å². The number of hydrogen-bond donors (Lipinski definition) is 1. The maximum absolute atomic E-state index is 11.7. The van der Waals surface area contributed by atoms with E-state index in [0.717, 1.165) is 25.9 Å². The Morgan fingerprint density at radius 1 is 1.62 bits per heavy atom. The number of hydrogen-bond acceptors (Lipinski definition) is 4. The van der Waals surface area contributed by atoms with E-state index in [4.69, 9.17) is 4.74 Å². The van der Waals surface area contributed by atoms with Crippen LogP contribution in [0.25, 0.3) is 0 Å². The summed E-state index contributed by atoms with van der Waals surface area (Å²) in [4.78, 5) is 11.7. The van der Waals surface area contributed by atoms with E-state index < -0.39 is 0 Å². The van der Waals surface area contributed by atoms with Gasteiger partial charge >= 0.3 is 0 Å². The lowest BCUT2D eigenvalue weighted by Gasteiger charge is -2.22. The number of Topliss-reactive ketones (excluding diaryl/α,β-unsaturated/α-hetero) is 1. The predicted octanol–water partition coefficient (Wildman–Crippen LogP) is 0.371. The summed E-state index contributed by atoms with van der Waals surface area (Å²) in [6, 6.07) is 0. The van der Waals surface area contributed by atoms with Gasteiger partial charge in [0.1, 0.15) is 6.61 Å². The fourth-order valence-electron chi connectivity index (χ4n) is 1.80. The van der Waals surface area contributed by atoms with Crippen molar-refractivity contribution in [2.24, 2.45) is 7.05 Å². The van der Waals surface area contributed by atoms with Crippen molar-refractivity contribution in [3.8, 4) is 0 Å². The van der Waals surface area contributed by atoms with Crippen molar-refractivity contribution in [1.29, 1.82) is 0 Å². The molecule has 1 fully saturated rings. The second-order valence-corrected chi connectivity index (χ2v) is 4.09. The van der Waals surface area contributed by atoms with Gasteiger partial charge in [0.2, 0.25) is 0 Å². The third kappa shape index (κ3) is 2.90. The summed E-state index contributed by atoms with van der Waals surface area (Å²) in [5.74, 6) is 0.00614. The summed E-state index contributed by atoms with van der Waals surface area (Å²) in [5.41, 5.74) is 0.622. The van der Waals surface area contributed by atoms with Crippen LogP contribution in [-0.4, -0.2) is 41.4 Å². The highest BCUT2D eigenvalue weighted by Crippen LogP contribution is 2.08. The lowest BCUT2D eigenvalue weighted by Crippen LogP contribution is -2.33. The van der Waals surface area contributed by atoms with Gasteiger partial charge in [-0.05, 0) is 25.9 Å². The van der Waals surface area contributed by atoms with Crippen LogP contribution < -0.4 is 5.32 Å². The molecular weight excluding hydrogens is 206 g/mol. The van der Waals surface area contributed by atoms with Crippen LogP contribution in [0.15, 0.2) is 12.4 Å². The van der Waals surface area contributed by atoms with Crippen molar-refractivity contribution in [2.45, 2.75) is 18.9 Å². The van der Waals surface area contributed by atoms with Gasteiger partial charge < -0.3 is 10.1 Å². The number of aromatic nitrogens is 2. The Bertz CT molecular complexity index is 356. The van der Waals surface area contributed by atoms with E-state index in [1.807, 2.05) is 0 Å². The summed E-state index contributed by atoms with van der Waals surface area (Å²) in [6.07, 6.45) is 5.49. The van der Waals surface area contributed by atoms with Gasteiger partial charge in [-0.25, -0.2) is 0 Å². The maximum Gasteiger partial charge on any atom is 0.191 e. The first kappa shape index (κ1) is 11.3. The summed E-state index contributed by atoms with van der Waals surface area (Å²) in [7, 11) is 1.80. The fraction of sp³-hybridized carbons (Fsp3) is 0.636. The Hall–Kier alpha value is -1.20. The predicted molar refractivity (Wildman–Crippen MR) is 59.4 cm³/mol. The molecular formula is C11H17N3O2. The van der Waals surface area contributed by atoms with Crippen LogP contribution in [0.1, 0.15) is 23.2 Å². The second-order valence-electron chi connectivity index (χ2n) is 4.09. The Balaban J connectivity index is 1.79. The minimum Gasteiger partial charge on any atom is -0.370 e. The van der Waals surface area contributed by atoms with Gasteiger partial charge in [0, 0.05) is 13.2 Å². The molecule has 0 radical (unpaired) electrons. The molecule has 0 atom stereocenters. The molecule has 1 aromatic rings. The number of ether oxygens (including phenoxy) is 1. The normalized spacial score (nSPS) is 17.6. The first-order valence-corrected chi connectivity index (χ1v) is 5.60. The number of carbonyl (C=O) groups excluding carboxylic acids is 1. The molecule has 1 aliphatic heterocycles. The molecule has 0 unspecified atom stereocenters. The molecule has 88 valence electrons. The Kier molecular flexibility index (Phi) is 3.69. The highest BCUT2D eigenvalue weighted by molar-refractivity contribution is 5.96. The van der Waals surface area contributed by atoms with Gasteiger partial charge in [0.25, 0.3) is 0 Å². The summed E-state index contributed by atoms with van der Waals surface area (Å²) < 4.78 is 7.20. The molecule has 1 aromatic heterocycles. The van der Waals surface area contributed by atoms with Gasteiger partial charge in [0.15, 0.2) is 5.78 Å².